The van der Waals surface area contributed by atoms with Gasteiger partial charge >= 0.3 is 0 Å². The predicted octanol–water partition coefficient (Wildman–Crippen LogP) is 2.91. The highest BCUT2D eigenvalue weighted by Crippen LogP contribution is 2.19. The van der Waals surface area contributed by atoms with Crippen LogP contribution < -0.4 is 5.73 Å². The van der Waals surface area contributed by atoms with Crippen LogP contribution in [0.2, 0.25) is 5.02 Å². The molecule has 0 aromatic heterocycles. The van der Waals surface area contributed by atoms with E-state index in [0.717, 1.165) is 17.3 Å². The molecule has 3 heteroatoms. The van der Waals surface area contributed by atoms with E-state index in [-0.39, 0.29) is 0 Å². The number of halogens is 1. The van der Waals surface area contributed by atoms with Gasteiger partial charge < -0.3 is 5.73 Å². The lowest BCUT2D eigenvalue weighted by atomic mass is 10.1. The van der Waals surface area contributed by atoms with E-state index < -0.39 is 0 Å². The van der Waals surface area contributed by atoms with Crippen molar-refractivity contribution in [3.63, 3.8) is 0 Å². The number of nitrogen functional groups attached to an aromatic ring is 1. The second kappa shape index (κ2) is 4.86. The number of hydrogen-bond donors (Lipinski definition) is 1. The van der Waals surface area contributed by atoms with Gasteiger partial charge in [0, 0.05) is 17.3 Å². The molecular weight excluding hydrogens is 208 g/mol. The molecule has 0 saturated carbocycles. The molecule has 2 rings (SSSR count). The minimum absolute atomic E-state index is 0.738. The SMILES string of the molecule is Nc1cc(Cl)cc(CN2CCCCC2)c1. The van der Waals surface area contributed by atoms with Crippen molar-refractivity contribution >= 4 is 17.3 Å². The van der Waals surface area contributed by atoms with Crippen molar-refractivity contribution in [2.24, 2.45) is 0 Å². The molecule has 0 spiro atoms. The lowest BCUT2D eigenvalue weighted by molar-refractivity contribution is 0.221. The van der Waals surface area contributed by atoms with Gasteiger partial charge in [0.15, 0.2) is 0 Å². The number of piperidine rings is 1. The smallest absolute Gasteiger partial charge is 0.0429 e. The lowest BCUT2D eigenvalue weighted by Crippen LogP contribution is -2.29. The van der Waals surface area contributed by atoms with Crippen LogP contribution in [0.3, 0.4) is 0 Å². The van der Waals surface area contributed by atoms with Crippen LogP contribution in [0.4, 0.5) is 5.69 Å². The summed E-state index contributed by atoms with van der Waals surface area (Å²) in [6.45, 7) is 3.38. The lowest BCUT2D eigenvalue weighted by Gasteiger charge is -2.26. The van der Waals surface area contributed by atoms with E-state index in [1.54, 1.807) is 6.07 Å². The minimum atomic E-state index is 0.738. The Kier molecular flexibility index (Phi) is 3.49. The Bertz CT molecular complexity index is 312. The fraction of sp³-hybridized carbons (Fsp3) is 0.500. The van der Waals surface area contributed by atoms with E-state index in [1.807, 2.05) is 12.1 Å². The molecule has 0 atom stereocenters. The standard InChI is InChI=1S/C12H17ClN2/c13-11-6-10(7-12(14)8-11)9-15-4-2-1-3-5-15/h6-8H,1-5,9,14H2. The first kappa shape index (κ1) is 10.8. The van der Waals surface area contributed by atoms with E-state index in [9.17, 15) is 0 Å². The summed E-state index contributed by atoms with van der Waals surface area (Å²) < 4.78 is 0. The predicted molar refractivity (Wildman–Crippen MR) is 65.0 cm³/mol. The Morgan fingerprint density at radius 2 is 1.87 bits per heavy atom. The third kappa shape index (κ3) is 3.11. The van der Waals surface area contributed by atoms with Crippen LogP contribution in [0.5, 0.6) is 0 Å². The zero-order chi connectivity index (χ0) is 10.7. The van der Waals surface area contributed by atoms with Crippen LogP contribution in [-0.4, -0.2) is 18.0 Å². The number of anilines is 1. The number of hydrogen-bond acceptors (Lipinski definition) is 2. The first-order chi connectivity index (χ1) is 7.24. The summed E-state index contributed by atoms with van der Waals surface area (Å²) in [5, 5.41) is 0.738. The third-order valence-electron chi connectivity index (χ3n) is 2.83. The van der Waals surface area contributed by atoms with Gasteiger partial charge in [-0.05, 0) is 49.7 Å². The Morgan fingerprint density at radius 1 is 1.13 bits per heavy atom. The monoisotopic (exact) mass is 224 g/mol. The second-order valence-corrected chi connectivity index (χ2v) is 4.67. The maximum absolute atomic E-state index is 5.97. The molecule has 1 aromatic rings. The van der Waals surface area contributed by atoms with E-state index >= 15 is 0 Å². The van der Waals surface area contributed by atoms with Crippen LogP contribution in [-0.2, 0) is 6.54 Å². The molecule has 1 heterocycles. The highest BCUT2D eigenvalue weighted by molar-refractivity contribution is 6.30. The van der Waals surface area contributed by atoms with Crippen LogP contribution in [0.25, 0.3) is 0 Å². The van der Waals surface area contributed by atoms with E-state index in [0.29, 0.717) is 0 Å². The molecule has 0 amide bonds. The first-order valence-corrected chi connectivity index (χ1v) is 5.89. The molecule has 1 aromatic carbocycles. The molecule has 15 heavy (non-hydrogen) atoms. The Balaban J connectivity index is 2.02. The van der Waals surface area contributed by atoms with E-state index in [2.05, 4.69) is 4.90 Å². The zero-order valence-electron chi connectivity index (χ0n) is 8.88. The molecule has 0 bridgehead atoms. The van der Waals surface area contributed by atoms with Crippen LogP contribution in [0.1, 0.15) is 24.8 Å². The highest BCUT2D eigenvalue weighted by Gasteiger charge is 2.10. The fourth-order valence-corrected chi connectivity index (χ4v) is 2.41. The summed E-state index contributed by atoms with van der Waals surface area (Å²) in [5.41, 5.74) is 7.74. The largest absolute Gasteiger partial charge is 0.399 e. The Hall–Kier alpha value is -0.730. The topological polar surface area (TPSA) is 29.3 Å². The van der Waals surface area contributed by atoms with Crippen LogP contribution in [0, 0.1) is 0 Å². The summed E-state index contributed by atoms with van der Waals surface area (Å²) >= 11 is 5.97. The first-order valence-electron chi connectivity index (χ1n) is 5.51. The third-order valence-corrected chi connectivity index (χ3v) is 3.05. The molecule has 2 N–H and O–H groups in total. The van der Waals surface area contributed by atoms with Gasteiger partial charge in [0.05, 0.1) is 0 Å². The van der Waals surface area contributed by atoms with Crippen molar-refractivity contribution in [1.82, 2.24) is 4.90 Å². The average molecular weight is 225 g/mol. The molecule has 82 valence electrons. The molecule has 0 aliphatic carbocycles. The van der Waals surface area contributed by atoms with Gasteiger partial charge in [0.25, 0.3) is 0 Å². The number of rotatable bonds is 2. The second-order valence-electron chi connectivity index (χ2n) is 4.23. The molecule has 2 nitrogen and oxygen atoms in total. The molecule has 1 fully saturated rings. The van der Waals surface area contributed by atoms with Crippen molar-refractivity contribution in [3.05, 3.63) is 28.8 Å². The summed E-state index contributed by atoms with van der Waals surface area (Å²) in [7, 11) is 0. The van der Waals surface area contributed by atoms with Crippen molar-refractivity contribution < 1.29 is 0 Å². The van der Waals surface area contributed by atoms with Crippen molar-refractivity contribution in [1.29, 1.82) is 0 Å². The van der Waals surface area contributed by atoms with E-state index in [4.69, 9.17) is 17.3 Å². The number of nitrogens with two attached hydrogens (primary N) is 1. The number of benzene rings is 1. The van der Waals surface area contributed by atoms with Crippen LogP contribution in [0.15, 0.2) is 18.2 Å². The van der Waals surface area contributed by atoms with Crippen molar-refractivity contribution in [3.8, 4) is 0 Å². The quantitative estimate of drug-likeness (QED) is 0.783. The molecule has 1 saturated heterocycles. The molecular formula is C12H17ClN2. The van der Waals surface area contributed by atoms with Crippen LogP contribution >= 0.6 is 11.6 Å². The van der Waals surface area contributed by atoms with Gasteiger partial charge in [-0.25, -0.2) is 0 Å². The molecule has 1 aliphatic heterocycles. The summed E-state index contributed by atoms with van der Waals surface area (Å²) in [4.78, 5) is 2.47. The fourth-order valence-electron chi connectivity index (χ4n) is 2.14. The van der Waals surface area contributed by atoms with E-state index in [1.165, 1.54) is 37.9 Å². The minimum Gasteiger partial charge on any atom is -0.399 e. The molecule has 1 aliphatic rings. The summed E-state index contributed by atoms with van der Waals surface area (Å²) in [5.74, 6) is 0. The number of likely N-dealkylation sites (tertiary alicyclic amines) is 1. The highest BCUT2D eigenvalue weighted by atomic mass is 35.5. The zero-order valence-corrected chi connectivity index (χ0v) is 9.63. The van der Waals surface area contributed by atoms with Gasteiger partial charge in [-0.15, -0.1) is 0 Å². The van der Waals surface area contributed by atoms with Gasteiger partial charge in [-0.2, -0.15) is 0 Å². The Labute approximate surface area is 96.0 Å². The molecule has 0 radical (unpaired) electrons. The van der Waals surface area contributed by atoms with Gasteiger partial charge in [-0.3, -0.25) is 4.90 Å². The van der Waals surface area contributed by atoms with Gasteiger partial charge in [-0.1, -0.05) is 18.0 Å². The molecule has 0 unspecified atom stereocenters. The summed E-state index contributed by atoms with van der Waals surface area (Å²) in [6.07, 6.45) is 4.00. The Morgan fingerprint density at radius 3 is 2.53 bits per heavy atom. The maximum Gasteiger partial charge on any atom is 0.0429 e. The number of nitrogens with zero attached hydrogens (tertiary/aromatic N) is 1. The van der Waals surface area contributed by atoms with Crippen molar-refractivity contribution in [2.45, 2.75) is 25.8 Å². The average Bonchev–Trinajstić information content (AvgIpc) is 2.17. The van der Waals surface area contributed by atoms with Gasteiger partial charge in [0.2, 0.25) is 0 Å². The van der Waals surface area contributed by atoms with Gasteiger partial charge in [0.1, 0.15) is 0 Å². The van der Waals surface area contributed by atoms with Crippen molar-refractivity contribution in [2.75, 3.05) is 18.8 Å². The maximum atomic E-state index is 5.97. The summed E-state index contributed by atoms with van der Waals surface area (Å²) in [6, 6.07) is 5.81. The normalized spacial score (nSPS) is 17.9.